The zero-order valence-electron chi connectivity index (χ0n) is 5.37. The largest absolute Gasteiger partial charge is 2.00 e. The fourth-order valence-electron chi connectivity index (χ4n) is 0.342. The molecular formula is C7H7NOTi. The van der Waals surface area contributed by atoms with Crippen LogP contribution in [0.5, 0.6) is 0 Å². The van der Waals surface area contributed by atoms with Gasteiger partial charge in [0.1, 0.15) is 0 Å². The van der Waals surface area contributed by atoms with Gasteiger partial charge in [-0.1, -0.05) is 0 Å². The average Bonchev–Trinajstić information content (AvgIpc) is 1.93. The van der Waals surface area contributed by atoms with E-state index in [9.17, 15) is 0 Å². The zero-order valence-corrected chi connectivity index (χ0v) is 6.93. The number of primary amides is 1. The molecule has 1 aromatic rings. The molecular weight excluding hydrogens is 162 g/mol. The van der Waals surface area contributed by atoms with E-state index in [4.69, 9.17) is 4.79 Å². The summed E-state index contributed by atoms with van der Waals surface area (Å²) in [7, 11) is 0. The minimum absolute atomic E-state index is 0. The second kappa shape index (κ2) is 11.2. The Kier molecular flexibility index (Phi) is 13.6. The second-order valence-electron chi connectivity index (χ2n) is 1.20. The molecule has 0 radical (unpaired) electrons. The van der Waals surface area contributed by atoms with Gasteiger partial charge in [-0.2, -0.15) is 42.8 Å². The Labute approximate surface area is 75.3 Å². The molecule has 0 aromatic heterocycles. The second-order valence-corrected chi connectivity index (χ2v) is 1.20. The minimum Gasteiger partial charge on any atom is -0.543 e. The van der Waals surface area contributed by atoms with Crippen molar-refractivity contribution < 1.29 is 26.5 Å². The molecule has 0 aliphatic rings. The van der Waals surface area contributed by atoms with E-state index in [2.05, 4.69) is 11.8 Å². The summed E-state index contributed by atoms with van der Waals surface area (Å²) in [6, 6.07) is 12.5. The Morgan fingerprint density at radius 2 is 1.60 bits per heavy atom. The van der Waals surface area contributed by atoms with E-state index in [0.717, 1.165) is 6.41 Å². The van der Waals surface area contributed by atoms with Crippen molar-refractivity contribution in [2.24, 2.45) is 5.73 Å². The van der Waals surface area contributed by atoms with E-state index in [1.807, 2.05) is 30.3 Å². The predicted octanol–water partition coefficient (Wildman–Crippen LogP) is 0.497. The van der Waals surface area contributed by atoms with Gasteiger partial charge in [0.05, 0.1) is 0 Å². The van der Waals surface area contributed by atoms with Crippen LogP contribution in [-0.4, -0.2) is 6.41 Å². The van der Waals surface area contributed by atoms with Crippen molar-refractivity contribution in [1.82, 2.24) is 0 Å². The first-order valence-corrected chi connectivity index (χ1v) is 2.40. The molecule has 0 saturated heterocycles. The van der Waals surface area contributed by atoms with Crippen molar-refractivity contribution >= 4 is 6.41 Å². The number of amides is 1. The normalized spacial score (nSPS) is 6.00. The maximum atomic E-state index is 8.46. The first-order chi connectivity index (χ1) is 4.41. The Bertz CT molecular complexity index is 117. The SMILES string of the molecule is N[C-]=O.[Ti+2].[c-]1ccccc1. The van der Waals surface area contributed by atoms with Gasteiger partial charge in [-0.25, -0.2) is 0 Å². The minimum atomic E-state index is 0. The topological polar surface area (TPSA) is 43.1 Å². The molecule has 0 saturated carbocycles. The predicted molar refractivity (Wildman–Crippen MR) is 35.2 cm³/mol. The van der Waals surface area contributed by atoms with Crippen LogP contribution in [0.15, 0.2) is 30.3 Å². The molecule has 0 spiro atoms. The van der Waals surface area contributed by atoms with E-state index in [0.29, 0.717) is 0 Å². The number of carbonyl (C=O) groups excluding carboxylic acids is 1. The van der Waals surface area contributed by atoms with Crippen LogP contribution in [0.1, 0.15) is 0 Å². The third-order valence-electron chi connectivity index (χ3n) is 0.607. The molecule has 0 aliphatic carbocycles. The summed E-state index contributed by atoms with van der Waals surface area (Å²) in [5.74, 6) is 0. The molecule has 2 N–H and O–H groups in total. The van der Waals surface area contributed by atoms with Gasteiger partial charge in [-0.05, 0) is 0 Å². The summed E-state index contributed by atoms with van der Waals surface area (Å²) in [5, 5.41) is 0. The molecule has 3 heteroatoms. The van der Waals surface area contributed by atoms with Gasteiger partial charge < -0.3 is 10.5 Å². The van der Waals surface area contributed by atoms with Crippen LogP contribution in [-0.2, 0) is 26.5 Å². The Morgan fingerprint density at radius 1 is 1.20 bits per heavy atom. The van der Waals surface area contributed by atoms with Crippen LogP contribution in [0, 0.1) is 6.07 Å². The standard InChI is InChI=1S/C6H5.CH2NO.Ti/c1-2-4-6-5-3-1;2-1-3;/h1-5H;(H2,2,3);/q2*-1;+2. The first-order valence-electron chi connectivity index (χ1n) is 2.40. The van der Waals surface area contributed by atoms with Gasteiger partial charge in [-0.3, -0.25) is 0 Å². The van der Waals surface area contributed by atoms with E-state index >= 15 is 0 Å². The van der Waals surface area contributed by atoms with Crippen LogP contribution in [0.3, 0.4) is 0 Å². The average molecular weight is 169 g/mol. The van der Waals surface area contributed by atoms with Crippen LogP contribution in [0.2, 0.25) is 0 Å². The number of nitrogens with two attached hydrogens (primary N) is 1. The smallest absolute Gasteiger partial charge is 0.543 e. The number of rotatable bonds is 0. The summed E-state index contributed by atoms with van der Waals surface area (Å²) in [6.45, 7) is 0. The monoisotopic (exact) mass is 169 g/mol. The molecule has 1 amide bonds. The van der Waals surface area contributed by atoms with Crippen molar-refractivity contribution in [2.45, 2.75) is 0 Å². The molecule has 2 nitrogen and oxygen atoms in total. The Hall–Kier alpha value is -0.596. The molecule has 10 heavy (non-hydrogen) atoms. The number of hydrogen-bond acceptors (Lipinski definition) is 1. The Morgan fingerprint density at radius 3 is 1.70 bits per heavy atom. The molecule has 0 bridgehead atoms. The molecule has 1 rings (SSSR count). The van der Waals surface area contributed by atoms with E-state index < -0.39 is 0 Å². The van der Waals surface area contributed by atoms with Gasteiger partial charge in [0.2, 0.25) is 0 Å². The zero-order chi connectivity index (χ0) is 6.95. The summed E-state index contributed by atoms with van der Waals surface area (Å²) >= 11 is 0. The van der Waals surface area contributed by atoms with E-state index in [1.165, 1.54) is 0 Å². The first kappa shape index (κ1) is 12.1. The maximum absolute atomic E-state index is 8.46. The Balaban J connectivity index is 0. The van der Waals surface area contributed by atoms with Crippen molar-refractivity contribution in [1.29, 1.82) is 0 Å². The van der Waals surface area contributed by atoms with Crippen molar-refractivity contribution in [3.8, 4) is 0 Å². The molecule has 0 aliphatic heterocycles. The third-order valence-corrected chi connectivity index (χ3v) is 0.607. The van der Waals surface area contributed by atoms with Gasteiger partial charge in [0, 0.05) is 0 Å². The molecule has 0 fully saturated rings. The molecule has 1 aromatic carbocycles. The van der Waals surface area contributed by atoms with Crippen LogP contribution in [0.25, 0.3) is 0 Å². The molecule has 0 heterocycles. The van der Waals surface area contributed by atoms with Gasteiger partial charge in [-0.15, -0.1) is 0 Å². The fraction of sp³-hybridized carbons (Fsp3) is 0. The van der Waals surface area contributed by atoms with Gasteiger partial charge >= 0.3 is 21.7 Å². The summed E-state index contributed by atoms with van der Waals surface area (Å²) in [5.41, 5.74) is 4.04. The van der Waals surface area contributed by atoms with Crippen LogP contribution >= 0.6 is 0 Å². The van der Waals surface area contributed by atoms with E-state index in [1.54, 1.807) is 0 Å². The summed E-state index contributed by atoms with van der Waals surface area (Å²) in [6.07, 6.45) is 1.00. The third kappa shape index (κ3) is 10.4. The maximum Gasteiger partial charge on any atom is 2.00 e. The van der Waals surface area contributed by atoms with E-state index in [-0.39, 0.29) is 21.7 Å². The van der Waals surface area contributed by atoms with Gasteiger partial charge in [0.15, 0.2) is 0 Å². The molecule has 0 atom stereocenters. The van der Waals surface area contributed by atoms with Crippen molar-refractivity contribution in [2.75, 3.05) is 0 Å². The van der Waals surface area contributed by atoms with Crippen LogP contribution < -0.4 is 5.73 Å². The summed E-state index contributed by atoms with van der Waals surface area (Å²) in [4.78, 5) is 8.46. The summed E-state index contributed by atoms with van der Waals surface area (Å²) < 4.78 is 0. The van der Waals surface area contributed by atoms with Crippen molar-refractivity contribution in [3.05, 3.63) is 36.4 Å². The number of benzene rings is 1. The van der Waals surface area contributed by atoms with Gasteiger partial charge in [0.25, 0.3) is 0 Å². The fourth-order valence-corrected chi connectivity index (χ4v) is 0.342. The molecule has 50 valence electrons. The quantitative estimate of drug-likeness (QED) is 0.343. The molecule has 0 unspecified atom stereocenters. The van der Waals surface area contributed by atoms with Crippen molar-refractivity contribution in [3.63, 3.8) is 0 Å². The van der Waals surface area contributed by atoms with Crippen LogP contribution in [0.4, 0.5) is 0 Å². The number of hydrogen-bond donors (Lipinski definition) is 1.